The molecule has 22 heavy (non-hydrogen) atoms. The second-order valence-corrected chi connectivity index (χ2v) is 6.71. The van der Waals surface area contributed by atoms with Crippen LogP contribution in [0.15, 0.2) is 24.3 Å². The summed E-state index contributed by atoms with van der Waals surface area (Å²) in [5.41, 5.74) is 1.99. The summed E-state index contributed by atoms with van der Waals surface area (Å²) < 4.78 is 0. The van der Waals surface area contributed by atoms with Crippen LogP contribution in [-0.4, -0.2) is 36.5 Å². The number of carbonyl (C=O) groups is 1. The molecule has 0 aromatic heterocycles. The molecule has 3 nitrogen and oxygen atoms in total. The lowest BCUT2D eigenvalue weighted by atomic mass is 10.1. The molecule has 0 bridgehead atoms. The van der Waals surface area contributed by atoms with Crippen molar-refractivity contribution in [2.45, 2.75) is 65.0 Å². The smallest absolute Gasteiger partial charge is 0.254 e. The van der Waals surface area contributed by atoms with E-state index in [0.29, 0.717) is 6.04 Å². The van der Waals surface area contributed by atoms with Crippen molar-refractivity contribution in [3.63, 3.8) is 0 Å². The van der Waals surface area contributed by atoms with Gasteiger partial charge in [-0.1, -0.05) is 19.8 Å². The third-order valence-electron chi connectivity index (χ3n) is 4.62. The largest absolute Gasteiger partial charge is 0.375 e. The molecule has 0 atom stereocenters. The zero-order valence-corrected chi connectivity index (χ0v) is 14.5. The molecule has 1 amide bonds. The van der Waals surface area contributed by atoms with Crippen molar-refractivity contribution < 1.29 is 4.79 Å². The number of rotatable bonds is 6. The Labute approximate surface area is 135 Å². The maximum Gasteiger partial charge on any atom is 0.254 e. The number of hydrogen-bond donors (Lipinski definition) is 0. The van der Waals surface area contributed by atoms with Gasteiger partial charge in [-0.25, -0.2) is 0 Å². The Morgan fingerprint density at radius 2 is 1.77 bits per heavy atom. The second-order valence-electron chi connectivity index (χ2n) is 6.71. The summed E-state index contributed by atoms with van der Waals surface area (Å²) in [6.45, 7) is 7.46. The predicted molar refractivity (Wildman–Crippen MR) is 93.6 cm³/mol. The molecule has 0 radical (unpaired) electrons. The highest BCUT2D eigenvalue weighted by Crippen LogP contribution is 2.27. The molecule has 0 spiro atoms. The maximum absolute atomic E-state index is 12.9. The molecule has 0 aliphatic heterocycles. The molecule has 0 heterocycles. The number of amides is 1. The van der Waals surface area contributed by atoms with Crippen LogP contribution in [0.1, 0.15) is 63.2 Å². The molecular formula is C19H30N2O. The highest BCUT2D eigenvalue weighted by molar-refractivity contribution is 5.95. The molecule has 1 aliphatic carbocycles. The van der Waals surface area contributed by atoms with Gasteiger partial charge in [0.1, 0.15) is 0 Å². The Bertz CT molecular complexity index is 475. The van der Waals surface area contributed by atoms with Crippen LogP contribution in [0.3, 0.4) is 0 Å². The molecule has 0 saturated heterocycles. The van der Waals surface area contributed by atoms with E-state index in [2.05, 4.69) is 49.8 Å². The van der Waals surface area contributed by atoms with E-state index in [1.807, 2.05) is 12.1 Å². The summed E-state index contributed by atoms with van der Waals surface area (Å²) in [5, 5.41) is 0. The molecule has 2 rings (SSSR count). The van der Waals surface area contributed by atoms with Gasteiger partial charge in [0, 0.05) is 36.9 Å². The molecule has 1 fully saturated rings. The zero-order valence-electron chi connectivity index (χ0n) is 14.5. The lowest BCUT2D eigenvalue weighted by Gasteiger charge is -2.33. The van der Waals surface area contributed by atoms with E-state index in [9.17, 15) is 4.79 Å². The fourth-order valence-corrected chi connectivity index (χ4v) is 3.48. The van der Waals surface area contributed by atoms with E-state index in [1.165, 1.54) is 18.5 Å². The first-order chi connectivity index (χ1) is 10.5. The first kappa shape index (κ1) is 16.9. The minimum absolute atomic E-state index is 0.187. The van der Waals surface area contributed by atoms with Crippen LogP contribution < -0.4 is 4.90 Å². The minimum atomic E-state index is 0.187. The molecule has 1 aliphatic rings. The lowest BCUT2D eigenvalue weighted by Crippen LogP contribution is -2.43. The van der Waals surface area contributed by atoms with Crippen LogP contribution in [-0.2, 0) is 0 Å². The number of carbonyl (C=O) groups excluding carboxylic acids is 1. The van der Waals surface area contributed by atoms with Crippen LogP contribution in [0.5, 0.6) is 0 Å². The highest BCUT2D eigenvalue weighted by Gasteiger charge is 2.29. The van der Waals surface area contributed by atoms with Gasteiger partial charge >= 0.3 is 0 Å². The van der Waals surface area contributed by atoms with E-state index in [0.717, 1.165) is 31.4 Å². The topological polar surface area (TPSA) is 23.6 Å². The molecule has 3 heteroatoms. The van der Waals surface area contributed by atoms with Crippen molar-refractivity contribution >= 4 is 11.6 Å². The molecule has 1 saturated carbocycles. The fourth-order valence-electron chi connectivity index (χ4n) is 3.48. The first-order valence-electron chi connectivity index (χ1n) is 8.68. The van der Waals surface area contributed by atoms with Gasteiger partial charge in [0.15, 0.2) is 0 Å². The first-order valence-corrected chi connectivity index (χ1v) is 8.68. The standard InChI is InChI=1S/C19H30N2O/c1-5-14-20(4)17-12-10-16(11-13-17)19(22)21(15(2)3)18-8-6-7-9-18/h10-13,15,18H,5-9,14H2,1-4H3. The van der Waals surface area contributed by atoms with Crippen molar-refractivity contribution in [2.75, 3.05) is 18.5 Å². The molecule has 1 aromatic rings. The fraction of sp³-hybridized carbons (Fsp3) is 0.632. The van der Waals surface area contributed by atoms with Crippen LogP contribution >= 0.6 is 0 Å². The predicted octanol–water partition coefficient (Wildman–Crippen LogP) is 4.33. The Morgan fingerprint density at radius 3 is 2.27 bits per heavy atom. The quantitative estimate of drug-likeness (QED) is 0.781. The van der Waals surface area contributed by atoms with Crippen molar-refractivity contribution in [1.82, 2.24) is 4.90 Å². The van der Waals surface area contributed by atoms with Gasteiger partial charge in [-0.2, -0.15) is 0 Å². The van der Waals surface area contributed by atoms with Crippen LogP contribution in [0, 0.1) is 0 Å². The van der Waals surface area contributed by atoms with Crippen LogP contribution in [0.4, 0.5) is 5.69 Å². The van der Waals surface area contributed by atoms with Gasteiger partial charge in [-0.15, -0.1) is 0 Å². The van der Waals surface area contributed by atoms with Crippen LogP contribution in [0.2, 0.25) is 0 Å². The van der Waals surface area contributed by atoms with Crippen molar-refractivity contribution in [2.24, 2.45) is 0 Å². The minimum Gasteiger partial charge on any atom is -0.375 e. The van der Waals surface area contributed by atoms with E-state index in [1.54, 1.807) is 0 Å². The third-order valence-corrected chi connectivity index (χ3v) is 4.62. The van der Waals surface area contributed by atoms with Gasteiger partial charge in [0.05, 0.1) is 0 Å². The number of nitrogens with zero attached hydrogens (tertiary/aromatic N) is 2. The molecular weight excluding hydrogens is 272 g/mol. The number of anilines is 1. The maximum atomic E-state index is 12.9. The number of hydrogen-bond acceptors (Lipinski definition) is 2. The third kappa shape index (κ3) is 3.82. The molecule has 122 valence electrons. The van der Waals surface area contributed by atoms with E-state index in [4.69, 9.17) is 0 Å². The van der Waals surface area contributed by atoms with Crippen molar-refractivity contribution in [3.05, 3.63) is 29.8 Å². The molecule has 0 unspecified atom stereocenters. The second kappa shape index (κ2) is 7.66. The number of benzene rings is 1. The monoisotopic (exact) mass is 302 g/mol. The average molecular weight is 302 g/mol. The van der Waals surface area contributed by atoms with E-state index < -0.39 is 0 Å². The van der Waals surface area contributed by atoms with Crippen LogP contribution in [0.25, 0.3) is 0 Å². The summed E-state index contributed by atoms with van der Waals surface area (Å²) in [6, 6.07) is 8.78. The molecule has 0 N–H and O–H groups in total. The van der Waals surface area contributed by atoms with E-state index in [-0.39, 0.29) is 11.9 Å². The average Bonchev–Trinajstić information content (AvgIpc) is 3.01. The van der Waals surface area contributed by atoms with E-state index >= 15 is 0 Å². The Balaban J connectivity index is 2.13. The van der Waals surface area contributed by atoms with Crippen molar-refractivity contribution in [3.8, 4) is 0 Å². The summed E-state index contributed by atoms with van der Waals surface area (Å²) in [6.07, 6.45) is 5.94. The summed E-state index contributed by atoms with van der Waals surface area (Å²) in [7, 11) is 2.10. The Hall–Kier alpha value is -1.51. The zero-order chi connectivity index (χ0) is 16.1. The van der Waals surface area contributed by atoms with Crippen molar-refractivity contribution in [1.29, 1.82) is 0 Å². The summed E-state index contributed by atoms with van der Waals surface area (Å²) in [5.74, 6) is 0.187. The molecule has 1 aromatic carbocycles. The Kier molecular flexibility index (Phi) is 5.87. The SMILES string of the molecule is CCCN(C)c1ccc(C(=O)N(C(C)C)C2CCCC2)cc1. The summed E-state index contributed by atoms with van der Waals surface area (Å²) >= 11 is 0. The van der Waals surface area contributed by atoms with Gasteiger partial charge < -0.3 is 9.80 Å². The van der Waals surface area contributed by atoms with Gasteiger partial charge in [0.2, 0.25) is 0 Å². The lowest BCUT2D eigenvalue weighted by molar-refractivity contribution is 0.0613. The van der Waals surface area contributed by atoms with Gasteiger partial charge in [0.25, 0.3) is 5.91 Å². The highest BCUT2D eigenvalue weighted by atomic mass is 16.2. The van der Waals surface area contributed by atoms with Gasteiger partial charge in [-0.3, -0.25) is 4.79 Å². The normalized spacial score (nSPS) is 15.3. The summed E-state index contributed by atoms with van der Waals surface area (Å²) in [4.78, 5) is 17.2. The van der Waals surface area contributed by atoms with Gasteiger partial charge in [-0.05, 0) is 57.4 Å². The Morgan fingerprint density at radius 1 is 1.18 bits per heavy atom.